The van der Waals surface area contributed by atoms with E-state index in [4.69, 9.17) is 9.47 Å². The van der Waals surface area contributed by atoms with Crippen molar-refractivity contribution >= 4 is 5.91 Å². The van der Waals surface area contributed by atoms with Crippen LogP contribution in [0.5, 0.6) is 11.5 Å². The monoisotopic (exact) mass is 289 g/mol. The van der Waals surface area contributed by atoms with Crippen molar-refractivity contribution in [2.24, 2.45) is 0 Å². The van der Waals surface area contributed by atoms with Gasteiger partial charge in [-0.25, -0.2) is 0 Å². The number of hydrogen-bond acceptors (Lipinski definition) is 4. The Balaban J connectivity index is 2.07. The fraction of sp³-hybridized carbons (Fsp3) is 0.333. The maximum absolute atomic E-state index is 12.0. The van der Waals surface area contributed by atoms with Gasteiger partial charge >= 0.3 is 0 Å². The van der Waals surface area contributed by atoms with Crippen LogP contribution in [-0.2, 0) is 13.0 Å². The Morgan fingerprint density at radius 1 is 1.33 bits per heavy atom. The average molecular weight is 289 g/mol. The minimum atomic E-state index is -0.226. The quantitative estimate of drug-likeness (QED) is 0.852. The molecule has 6 heteroatoms. The number of H-pyrrole nitrogens is 1. The fourth-order valence-corrected chi connectivity index (χ4v) is 2.02. The van der Waals surface area contributed by atoms with E-state index in [1.807, 2.05) is 25.1 Å². The third-order valence-corrected chi connectivity index (χ3v) is 3.17. The van der Waals surface area contributed by atoms with Gasteiger partial charge in [0.1, 0.15) is 5.69 Å². The molecule has 112 valence electrons. The summed E-state index contributed by atoms with van der Waals surface area (Å²) in [7, 11) is 3.15. The topological polar surface area (TPSA) is 76.2 Å². The molecule has 0 aliphatic heterocycles. The largest absolute Gasteiger partial charge is 0.493 e. The molecular weight excluding hydrogens is 270 g/mol. The van der Waals surface area contributed by atoms with Gasteiger partial charge in [0.05, 0.1) is 14.2 Å². The number of ether oxygens (including phenoxy) is 2. The van der Waals surface area contributed by atoms with Gasteiger partial charge in [-0.2, -0.15) is 5.10 Å². The molecule has 1 aromatic carbocycles. The second kappa shape index (κ2) is 6.78. The lowest BCUT2D eigenvalue weighted by atomic mass is 10.2. The average Bonchev–Trinajstić information content (AvgIpc) is 3.01. The molecule has 0 aliphatic rings. The number of carbonyl (C=O) groups is 1. The van der Waals surface area contributed by atoms with E-state index in [1.165, 1.54) is 0 Å². The van der Waals surface area contributed by atoms with Crippen molar-refractivity contribution in [1.29, 1.82) is 0 Å². The summed E-state index contributed by atoms with van der Waals surface area (Å²) in [5.74, 6) is 1.03. The molecule has 6 nitrogen and oxygen atoms in total. The van der Waals surface area contributed by atoms with Crippen molar-refractivity contribution in [3.8, 4) is 11.5 Å². The van der Waals surface area contributed by atoms with Crippen LogP contribution in [0.15, 0.2) is 24.3 Å². The number of nitrogens with one attached hydrogen (secondary N) is 2. The van der Waals surface area contributed by atoms with E-state index in [-0.39, 0.29) is 5.91 Å². The summed E-state index contributed by atoms with van der Waals surface area (Å²) in [6.45, 7) is 2.34. The van der Waals surface area contributed by atoms with Crippen LogP contribution in [0, 0.1) is 0 Å². The number of amides is 1. The smallest absolute Gasteiger partial charge is 0.272 e. The standard InChI is InChI=1S/C15H19N3O3/c1-4-11-8-12(18-17-11)15(19)16-9-10-6-5-7-13(20-2)14(10)21-3/h5-8H,4,9H2,1-3H3,(H,16,19)(H,17,18). The molecule has 0 saturated carbocycles. The van der Waals surface area contributed by atoms with Gasteiger partial charge in [0.25, 0.3) is 5.91 Å². The first-order chi connectivity index (χ1) is 10.2. The van der Waals surface area contributed by atoms with E-state index >= 15 is 0 Å². The van der Waals surface area contributed by atoms with Crippen LogP contribution in [0.4, 0.5) is 0 Å². The van der Waals surface area contributed by atoms with E-state index in [2.05, 4.69) is 15.5 Å². The number of aromatic amines is 1. The van der Waals surface area contributed by atoms with Gasteiger partial charge in [-0.1, -0.05) is 19.1 Å². The van der Waals surface area contributed by atoms with Crippen LogP contribution < -0.4 is 14.8 Å². The highest BCUT2D eigenvalue weighted by atomic mass is 16.5. The molecule has 0 radical (unpaired) electrons. The Hall–Kier alpha value is -2.50. The molecule has 1 amide bonds. The first-order valence-electron chi connectivity index (χ1n) is 6.72. The van der Waals surface area contributed by atoms with E-state index in [9.17, 15) is 4.79 Å². The Kier molecular flexibility index (Phi) is 4.81. The summed E-state index contributed by atoms with van der Waals surface area (Å²) in [5, 5.41) is 9.62. The first kappa shape index (κ1) is 14.9. The van der Waals surface area contributed by atoms with Crippen molar-refractivity contribution in [3.05, 3.63) is 41.2 Å². The number of para-hydroxylation sites is 1. The lowest BCUT2D eigenvalue weighted by molar-refractivity contribution is 0.0945. The van der Waals surface area contributed by atoms with Crippen molar-refractivity contribution in [3.63, 3.8) is 0 Å². The van der Waals surface area contributed by atoms with Gasteiger partial charge in [0.15, 0.2) is 11.5 Å². The van der Waals surface area contributed by atoms with E-state index in [1.54, 1.807) is 20.3 Å². The third kappa shape index (κ3) is 3.34. The number of benzene rings is 1. The molecule has 1 heterocycles. The predicted molar refractivity (Wildman–Crippen MR) is 78.7 cm³/mol. The zero-order valence-electron chi connectivity index (χ0n) is 12.4. The molecule has 0 fully saturated rings. The van der Waals surface area contributed by atoms with Crippen LogP contribution in [-0.4, -0.2) is 30.3 Å². The molecule has 2 N–H and O–H groups in total. The van der Waals surface area contributed by atoms with Crippen LogP contribution in [0.3, 0.4) is 0 Å². The van der Waals surface area contributed by atoms with E-state index in [0.717, 1.165) is 17.7 Å². The molecule has 0 aliphatic carbocycles. The summed E-state index contributed by atoms with van der Waals surface area (Å²) >= 11 is 0. The van der Waals surface area contributed by atoms with E-state index in [0.29, 0.717) is 23.7 Å². The Morgan fingerprint density at radius 3 is 2.76 bits per heavy atom. The van der Waals surface area contributed by atoms with Gasteiger partial charge in [-0.3, -0.25) is 9.89 Å². The molecule has 21 heavy (non-hydrogen) atoms. The van der Waals surface area contributed by atoms with Crippen LogP contribution in [0.25, 0.3) is 0 Å². The third-order valence-electron chi connectivity index (χ3n) is 3.17. The zero-order chi connectivity index (χ0) is 15.2. The minimum Gasteiger partial charge on any atom is -0.493 e. The Labute approximate surface area is 123 Å². The first-order valence-corrected chi connectivity index (χ1v) is 6.72. The highest BCUT2D eigenvalue weighted by Crippen LogP contribution is 2.30. The molecule has 0 bridgehead atoms. The molecule has 0 spiro atoms. The van der Waals surface area contributed by atoms with Crippen LogP contribution in [0.1, 0.15) is 28.7 Å². The fourth-order valence-electron chi connectivity index (χ4n) is 2.02. The van der Waals surface area contributed by atoms with Gasteiger partial charge in [-0.05, 0) is 18.6 Å². The maximum atomic E-state index is 12.0. The lowest BCUT2D eigenvalue weighted by Crippen LogP contribution is -2.23. The summed E-state index contributed by atoms with van der Waals surface area (Å²) in [4.78, 5) is 12.0. The number of methoxy groups -OCH3 is 2. The SMILES string of the molecule is CCc1cc(C(=O)NCc2cccc(OC)c2OC)n[nH]1. The molecule has 2 rings (SSSR count). The summed E-state index contributed by atoms with van der Waals surface area (Å²) in [6, 6.07) is 7.29. The molecule has 0 atom stereocenters. The van der Waals surface area contributed by atoms with Gasteiger partial charge < -0.3 is 14.8 Å². The number of hydrogen-bond donors (Lipinski definition) is 2. The van der Waals surface area contributed by atoms with Gasteiger partial charge in [0, 0.05) is 17.8 Å². The normalized spacial score (nSPS) is 10.2. The Bertz CT molecular complexity index is 622. The second-order valence-electron chi connectivity index (χ2n) is 4.47. The van der Waals surface area contributed by atoms with Crippen molar-refractivity contribution in [2.75, 3.05) is 14.2 Å². The Morgan fingerprint density at radius 2 is 2.14 bits per heavy atom. The number of carbonyl (C=O) groups excluding carboxylic acids is 1. The molecule has 0 saturated heterocycles. The van der Waals surface area contributed by atoms with Gasteiger partial charge in [-0.15, -0.1) is 0 Å². The number of nitrogens with zero attached hydrogens (tertiary/aromatic N) is 1. The van der Waals surface area contributed by atoms with Crippen molar-refractivity contribution in [2.45, 2.75) is 19.9 Å². The van der Waals surface area contributed by atoms with E-state index < -0.39 is 0 Å². The van der Waals surface area contributed by atoms with Crippen LogP contribution in [0.2, 0.25) is 0 Å². The molecule has 0 unspecified atom stereocenters. The zero-order valence-corrected chi connectivity index (χ0v) is 12.4. The molecule has 1 aromatic heterocycles. The number of aromatic nitrogens is 2. The number of rotatable bonds is 6. The van der Waals surface area contributed by atoms with Crippen molar-refractivity contribution < 1.29 is 14.3 Å². The lowest BCUT2D eigenvalue weighted by Gasteiger charge is -2.12. The predicted octanol–water partition coefficient (Wildman–Crippen LogP) is 1.92. The summed E-state index contributed by atoms with van der Waals surface area (Å²) < 4.78 is 10.6. The second-order valence-corrected chi connectivity index (χ2v) is 4.47. The molecular formula is C15H19N3O3. The highest BCUT2D eigenvalue weighted by molar-refractivity contribution is 5.92. The van der Waals surface area contributed by atoms with Crippen LogP contribution >= 0.6 is 0 Å². The summed E-state index contributed by atoms with van der Waals surface area (Å²) in [5.41, 5.74) is 2.16. The minimum absolute atomic E-state index is 0.226. The molecule has 2 aromatic rings. The number of aryl methyl sites for hydroxylation is 1. The summed E-state index contributed by atoms with van der Waals surface area (Å²) in [6.07, 6.45) is 0.810. The highest BCUT2D eigenvalue weighted by Gasteiger charge is 2.13. The maximum Gasteiger partial charge on any atom is 0.272 e. The van der Waals surface area contributed by atoms with Crippen molar-refractivity contribution in [1.82, 2.24) is 15.5 Å². The van der Waals surface area contributed by atoms with Gasteiger partial charge in [0.2, 0.25) is 0 Å².